The summed E-state index contributed by atoms with van der Waals surface area (Å²) in [5, 5.41) is 65.4. The van der Waals surface area contributed by atoms with Crippen LogP contribution in [0.4, 0.5) is 10.5 Å². The van der Waals surface area contributed by atoms with Crippen molar-refractivity contribution in [2.45, 2.75) is 218 Å². The van der Waals surface area contributed by atoms with Crippen LogP contribution >= 0.6 is 0 Å². The van der Waals surface area contributed by atoms with E-state index in [2.05, 4.69) is 10.6 Å². The van der Waals surface area contributed by atoms with Crippen LogP contribution < -0.4 is 20.1 Å². The lowest BCUT2D eigenvalue weighted by molar-refractivity contribution is -0.306. The fourth-order valence-electron chi connectivity index (χ4n) is 10.7. The SMILES string of the molecule is CC[C@H]1OC(=O)[C@H](C)[C@@H](O[C@@H](CCOC)O[C@@H](C)[C@@H](C)O)[C@H](C)[C@@H](O[C@@H]2O[C@H](C)C[C@H](N(C)C)[C@H]2O)[C@](C)(O)C[C@@H](C)CN(CCCNC(=O)Nc2ccc(OC)c(OC3CCCC3)c2)[C@H](C)[C@@H](O)[C@]1(C)O. The van der Waals surface area contributed by atoms with E-state index in [1.165, 1.54) is 14.0 Å². The third-order valence-corrected chi connectivity index (χ3v) is 15.1. The molecule has 1 saturated carbocycles. The first-order chi connectivity index (χ1) is 33.8. The van der Waals surface area contributed by atoms with Crippen LogP contribution in [0.1, 0.15) is 127 Å². The number of likely N-dealkylation sites (N-methyl/N-ethyl adjacent to an activating group) is 1. The zero-order valence-electron chi connectivity index (χ0n) is 45.9. The Bertz CT molecular complexity index is 1780. The van der Waals surface area contributed by atoms with Crippen LogP contribution in [0.5, 0.6) is 11.5 Å². The molecule has 1 aliphatic carbocycles. The molecule has 3 aliphatic rings. The molecule has 2 amide bonds. The molecule has 2 heterocycles. The van der Waals surface area contributed by atoms with Gasteiger partial charge in [-0.05, 0) is 132 Å². The van der Waals surface area contributed by atoms with Gasteiger partial charge in [0.15, 0.2) is 24.1 Å². The number of methoxy groups -OCH3 is 2. The number of cyclic esters (lactones) is 1. The van der Waals surface area contributed by atoms with Gasteiger partial charge in [-0.15, -0.1) is 0 Å². The number of amides is 2. The minimum Gasteiger partial charge on any atom is -0.493 e. The Morgan fingerprint density at radius 1 is 1.03 bits per heavy atom. The van der Waals surface area contributed by atoms with E-state index in [1.807, 2.05) is 37.7 Å². The van der Waals surface area contributed by atoms with Gasteiger partial charge in [-0.1, -0.05) is 20.8 Å². The third kappa shape index (κ3) is 17.0. The number of carbonyl (C=O) groups excluding carboxylic acids is 2. The maximum absolute atomic E-state index is 14.6. The largest absolute Gasteiger partial charge is 0.493 e. The van der Waals surface area contributed by atoms with Crippen molar-refractivity contribution in [2.24, 2.45) is 17.8 Å². The van der Waals surface area contributed by atoms with Gasteiger partial charge in [-0.25, -0.2) is 4.79 Å². The van der Waals surface area contributed by atoms with Gasteiger partial charge >= 0.3 is 12.0 Å². The summed E-state index contributed by atoms with van der Waals surface area (Å²) in [5.41, 5.74) is -3.07. The van der Waals surface area contributed by atoms with E-state index < -0.39 is 96.4 Å². The Labute approximate surface area is 429 Å². The highest BCUT2D eigenvalue weighted by Gasteiger charge is 2.51. The minimum atomic E-state index is -1.94. The Morgan fingerprint density at radius 2 is 1.71 bits per heavy atom. The molecule has 0 bridgehead atoms. The Morgan fingerprint density at radius 3 is 2.32 bits per heavy atom. The van der Waals surface area contributed by atoms with E-state index in [0.29, 0.717) is 43.1 Å². The Balaban J connectivity index is 1.68. The number of hydrogen-bond acceptors (Lipinski definition) is 17. The monoisotopic (exact) mass is 1030 g/mol. The molecular formula is C53H94N4O15. The van der Waals surface area contributed by atoms with Gasteiger partial charge in [0.25, 0.3) is 0 Å². The number of esters is 1. The molecule has 17 atom stereocenters. The smallest absolute Gasteiger partial charge is 0.319 e. The molecule has 1 aromatic carbocycles. The van der Waals surface area contributed by atoms with Gasteiger partial charge in [0.2, 0.25) is 0 Å². The van der Waals surface area contributed by atoms with Crippen molar-refractivity contribution in [2.75, 3.05) is 59.9 Å². The number of aliphatic hydroxyl groups excluding tert-OH is 3. The van der Waals surface area contributed by atoms with Gasteiger partial charge in [0, 0.05) is 62.9 Å². The molecule has 0 aromatic heterocycles. The fraction of sp³-hybridized carbons (Fsp3) is 0.849. The molecule has 1 aromatic rings. The summed E-state index contributed by atoms with van der Waals surface area (Å²) in [7, 11) is 6.87. The van der Waals surface area contributed by atoms with E-state index in [9.17, 15) is 35.1 Å². The lowest BCUT2D eigenvalue weighted by Gasteiger charge is -2.47. The summed E-state index contributed by atoms with van der Waals surface area (Å²) < 4.78 is 49.5. The number of nitrogens with zero attached hydrogens (tertiary/aromatic N) is 2. The second-order valence-corrected chi connectivity index (χ2v) is 21.7. The molecular weight excluding hydrogens is 933 g/mol. The molecule has 3 fully saturated rings. The predicted molar refractivity (Wildman–Crippen MR) is 273 cm³/mol. The highest BCUT2D eigenvalue weighted by atomic mass is 16.7. The number of rotatable bonds is 20. The van der Waals surface area contributed by atoms with Crippen molar-refractivity contribution >= 4 is 17.7 Å². The second kappa shape index (κ2) is 28.3. The van der Waals surface area contributed by atoms with Crippen molar-refractivity contribution in [1.82, 2.24) is 15.1 Å². The molecule has 19 heteroatoms. The van der Waals surface area contributed by atoms with Crippen LogP contribution in [0.3, 0.4) is 0 Å². The van der Waals surface area contributed by atoms with Crippen molar-refractivity contribution in [1.29, 1.82) is 0 Å². The number of hydrogen-bond donors (Lipinski definition) is 7. The number of benzene rings is 1. The highest BCUT2D eigenvalue weighted by molar-refractivity contribution is 5.89. The number of anilines is 1. The Hall–Kier alpha value is -2.92. The van der Waals surface area contributed by atoms with Gasteiger partial charge < -0.3 is 79.0 Å². The van der Waals surface area contributed by atoms with Gasteiger partial charge in [-0.2, -0.15) is 0 Å². The number of nitrogens with one attached hydrogen (secondary N) is 2. The number of aliphatic hydroxyl groups is 5. The van der Waals surface area contributed by atoms with Crippen LogP contribution in [0, 0.1) is 17.8 Å². The molecule has 4 rings (SSSR count). The fourth-order valence-corrected chi connectivity index (χ4v) is 10.7. The number of ether oxygens (including phenoxy) is 8. The van der Waals surface area contributed by atoms with E-state index in [4.69, 9.17) is 37.9 Å². The zero-order chi connectivity index (χ0) is 53.7. The number of carbonyl (C=O) groups is 2. The number of urea groups is 1. The van der Waals surface area contributed by atoms with Crippen LogP contribution in [0.15, 0.2) is 18.2 Å². The van der Waals surface area contributed by atoms with Crippen molar-refractivity contribution in [3.63, 3.8) is 0 Å². The normalized spacial score (nSPS) is 35.1. The molecule has 7 N–H and O–H groups in total. The van der Waals surface area contributed by atoms with E-state index in [0.717, 1.165) is 25.7 Å². The summed E-state index contributed by atoms with van der Waals surface area (Å²) in [6.07, 6.45) is -4.21. The molecule has 2 aliphatic heterocycles. The first-order valence-electron chi connectivity index (χ1n) is 26.4. The van der Waals surface area contributed by atoms with Crippen molar-refractivity contribution < 1.29 is 73.0 Å². The molecule has 0 unspecified atom stereocenters. The van der Waals surface area contributed by atoms with E-state index in [1.54, 1.807) is 73.8 Å². The molecule has 416 valence electrons. The maximum Gasteiger partial charge on any atom is 0.319 e. The highest BCUT2D eigenvalue weighted by Crippen LogP contribution is 2.39. The maximum atomic E-state index is 14.6. The summed E-state index contributed by atoms with van der Waals surface area (Å²) in [4.78, 5) is 31.7. The molecule has 19 nitrogen and oxygen atoms in total. The molecule has 0 spiro atoms. The minimum absolute atomic E-state index is 0.101. The standard InChI is InChI=1S/C53H94N4O15/c1-15-43-53(10,64)47(60)35(6)57(25-18-24-54-51(62)55-38-21-22-41(66-14)42(28-38)69-39-19-16-17-20-39)30-31(2)29-52(9,63)48(72-50-45(59)40(56(11)12)27-32(3)67-50)33(4)46(34(5)49(61)70-43)71-44(23-26-65-13)68-37(8)36(7)58/h21-22,28,31-37,39-40,43-48,50,58-60,63-64H,15-20,23-27,29-30H2,1-14H3,(H2,54,55,62)/t31-,32-,33+,34-,35-,36-,37+,40+,43-,44+,45-,46+,47-,48-,50+,52-,53-/m1/s1. The van der Waals surface area contributed by atoms with Gasteiger partial charge in [0.05, 0.1) is 61.9 Å². The summed E-state index contributed by atoms with van der Waals surface area (Å²) in [5.74, 6) is -1.78. The average molecular weight is 1030 g/mol. The summed E-state index contributed by atoms with van der Waals surface area (Å²) in [6, 6.07) is 3.82. The van der Waals surface area contributed by atoms with E-state index >= 15 is 0 Å². The van der Waals surface area contributed by atoms with Gasteiger partial charge in [-0.3, -0.25) is 9.69 Å². The average Bonchev–Trinajstić information content (AvgIpc) is 3.84. The molecule has 72 heavy (non-hydrogen) atoms. The third-order valence-electron chi connectivity index (χ3n) is 15.1. The summed E-state index contributed by atoms with van der Waals surface area (Å²) in [6.45, 7) is 18.5. The first kappa shape index (κ1) is 61.6. The topological polar surface area (TPSA) is 240 Å². The predicted octanol–water partition coefficient (Wildman–Crippen LogP) is 5.06. The molecule has 0 radical (unpaired) electrons. The molecule has 2 saturated heterocycles. The van der Waals surface area contributed by atoms with Gasteiger partial charge in [0.1, 0.15) is 23.9 Å². The van der Waals surface area contributed by atoms with Crippen LogP contribution in [0.2, 0.25) is 0 Å². The second-order valence-electron chi connectivity index (χ2n) is 21.7. The van der Waals surface area contributed by atoms with Crippen molar-refractivity contribution in [3.05, 3.63) is 18.2 Å². The van der Waals surface area contributed by atoms with E-state index in [-0.39, 0.29) is 56.6 Å². The first-order valence-corrected chi connectivity index (χ1v) is 26.4. The van der Waals surface area contributed by atoms with Crippen molar-refractivity contribution in [3.8, 4) is 11.5 Å². The Kier molecular flexibility index (Phi) is 24.2. The summed E-state index contributed by atoms with van der Waals surface area (Å²) >= 11 is 0. The van der Waals surface area contributed by atoms with Crippen LogP contribution in [-0.2, 0) is 33.2 Å². The zero-order valence-corrected chi connectivity index (χ0v) is 45.9. The van der Waals surface area contributed by atoms with Crippen LogP contribution in [-0.4, -0.2) is 193 Å². The lowest BCUT2D eigenvalue weighted by atomic mass is 9.77. The van der Waals surface area contributed by atoms with Crippen LogP contribution in [0.25, 0.3) is 0 Å². The lowest BCUT2D eigenvalue weighted by Crippen LogP contribution is -2.59. The quantitative estimate of drug-likeness (QED) is 0.0513.